The molecule has 0 aromatic rings. The van der Waals surface area contributed by atoms with Crippen molar-refractivity contribution in [2.24, 2.45) is 17.8 Å². The van der Waals surface area contributed by atoms with Crippen LogP contribution < -0.4 is 5.32 Å². The van der Waals surface area contributed by atoms with Crippen LogP contribution in [0.4, 0.5) is 0 Å². The summed E-state index contributed by atoms with van der Waals surface area (Å²) in [6, 6.07) is 0. The molecule has 1 rings (SSSR count). The van der Waals surface area contributed by atoms with Gasteiger partial charge < -0.3 is 15.3 Å². The van der Waals surface area contributed by atoms with Gasteiger partial charge in [-0.05, 0) is 12.8 Å². The number of amides is 2. The number of carbonyl (C=O) groups excluding carboxylic acids is 2. The first-order chi connectivity index (χ1) is 8.88. The maximum atomic E-state index is 12.2. The van der Waals surface area contributed by atoms with Crippen molar-refractivity contribution in [2.45, 2.75) is 26.2 Å². The van der Waals surface area contributed by atoms with E-state index in [1.165, 1.54) is 4.90 Å². The number of rotatable bonds is 5. The molecular formula is C13H22N2O4. The smallest absolute Gasteiger partial charge is 0.307 e. The first kappa shape index (κ1) is 15.5. The number of hydrogen-bond donors (Lipinski definition) is 2. The number of hydrogen-bond acceptors (Lipinski definition) is 3. The van der Waals surface area contributed by atoms with Gasteiger partial charge >= 0.3 is 5.97 Å². The van der Waals surface area contributed by atoms with E-state index < -0.39 is 17.8 Å². The summed E-state index contributed by atoms with van der Waals surface area (Å²) in [4.78, 5) is 36.2. The molecule has 2 N–H and O–H groups in total. The summed E-state index contributed by atoms with van der Waals surface area (Å²) >= 11 is 0. The Bertz CT molecular complexity index is 370. The van der Waals surface area contributed by atoms with Crippen LogP contribution >= 0.6 is 0 Å². The van der Waals surface area contributed by atoms with Crippen molar-refractivity contribution < 1.29 is 19.5 Å². The van der Waals surface area contributed by atoms with Gasteiger partial charge in [0.1, 0.15) is 0 Å². The topological polar surface area (TPSA) is 86.7 Å². The Labute approximate surface area is 113 Å². The zero-order valence-corrected chi connectivity index (χ0v) is 11.7. The Balaban J connectivity index is 2.61. The molecule has 19 heavy (non-hydrogen) atoms. The molecule has 6 nitrogen and oxygen atoms in total. The van der Waals surface area contributed by atoms with Crippen LogP contribution in [0.3, 0.4) is 0 Å². The summed E-state index contributed by atoms with van der Waals surface area (Å²) in [5.41, 5.74) is 0. The van der Waals surface area contributed by atoms with E-state index in [0.29, 0.717) is 19.4 Å². The average Bonchev–Trinajstić information content (AvgIpc) is 2.85. The van der Waals surface area contributed by atoms with Crippen molar-refractivity contribution in [1.29, 1.82) is 0 Å². The maximum absolute atomic E-state index is 12.2. The van der Waals surface area contributed by atoms with Gasteiger partial charge in [-0.3, -0.25) is 14.4 Å². The third kappa shape index (κ3) is 3.68. The van der Waals surface area contributed by atoms with E-state index in [-0.39, 0.29) is 17.7 Å². The van der Waals surface area contributed by atoms with E-state index in [9.17, 15) is 14.4 Å². The Morgan fingerprint density at radius 3 is 2.42 bits per heavy atom. The zero-order valence-electron chi connectivity index (χ0n) is 11.7. The Morgan fingerprint density at radius 2 is 1.89 bits per heavy atom. The second-order valence-electron chi connectivity index (χ2n) is 5.22. The van der Waals surface area contributed by atoms with Crippen molar-refractivity contribution in [3.05, 3.63) is 0 Å². The van der Waals surface area contributed by atoms with E-state index in [2.05, 4.69) is 5.32 Å². The lowest BCUT2D eigenvalue weighted by Gasteiger charge is -2.25. The Morgan fingerprint density at radius 1 is 1.32 bits per heavy atom. The predicted octanol–water partition coefficient (Wildman–Crippen LogP) is 0.328. The lowest BCUT2D eigenvalue weighted by molar-refractivity contribution is -0.149. The van der Waals surface area contributed by atoms with Crippen molar-refractivity contribution in [3.63, 3.8) is 0 Å². The minimum absolute atomic E-state index is 0.124. The van der Waals surface area contributed by atoms with Gasteiger partial charge in [0.05, 0.1) is 17.8 Å². The van der Waals surface area contributed by atoms with Crippen LogP contribution in [0.1, 0.15) is 26.2 Å². The first-order valence-electron chi connectivity index (χ1n) is 6.57. The van der Waals surface area contributed by atoms with Crippen molar-refractivity contribution >= 4 is 17.8 Å². The fourth-order valence-electron chi connectivity index (χ4n) is 2.66. The lowest BCUT2D eigenvalue weighted by Crippen LogP contribution is -2.41. The SMILES string of the molecule is CNC(=O)C(C)CN(C)C(=O)[C@@H]1CCC[C@@H]1C(=O)O. The van der Waals surface area contributed by atoms with Gasteiger partial charge in [-0.2, -0.15) is 0 Å². The number of nitrogens with one attached hydrogen (secondary N) is 1. The summed E-state index contributed by atoms with van der Waals surface area (Å²) < 4.78 is 0. The summed E-state index contributed by atoms with van der Waals surface area (Å²) in [6.45, 7) is 2.05. The van der Waals surface area contributed by atoms with Crippen LogP contribution in [0.25, 0.3) is 0 Å². The van der Waals surface area contributed by atoms with Gasteiger partial charge in [0.2, 0.25) is 11.8 Å². The van der Waals surface area contributed by atoms with Crippen molar-refractivity contribution in [1.82, 2.24) is 10.2 Å². The second kappa shape index (κ2) is 6.54. The summed E-state index contributed by atoms with van der Waals surface area (Å²) in [5, 5.41) is 11.6. The number of carboxylic acids is 1. The van der Waals surface area contributed by atoms with Crippen LogP contribution in [0.5, 0.6) is 0 Å². The predicted molar refractivity (Wildman–Crippen MR) is 69.3 cm³/mol. The molecule has 1 saturated carbocycles. The number of nitrogens with zero attached hydrogens (tertiary/aromatic N) is 1. The highest BCUT2D eigenvalue weighted by Gasteiger charge is 2.39. The third-order valence-corrected chi connectivity index (χ3v) is 3.77. The quantitative estimate of drug-likeness (QED) is 0.753. The molecule has 0 aromatic carbocycles. The van der Waals surface area contributed by atoms with E-state index in [1.54, 1.807) is 21.0 Å². The highest BCUT2D eigenvalue weighted by atomic mass is 16.4. The fourth-order valence-corrected chi connectivity index (χ4v) is 2.66. The largest absolute Gasteiger partial charge is 0.481 e. The molecule has 0 aromatic heterocycles. The molecule has 0 aliphatic heterocycles. The van der Waals surface area contributed by atoms with Gasteiger partial charge in [0.15, 0.2) is 0 Å². The van der Waals surface area contributed by atoms with Crippen LogP contribution in [0, 0.1) is 17.8 Å². The van der Waals surface area contributed by atoms with Gasteiger partial charge in [0, 0.05) is 20.6 Å². The molecule has 108 valence electrons. The molecule has 1 aliphatic carbocycles. The molecule has 0 spiro atoms. The first-order valence-corrected chi connectivity index (χ1v) is 6.57. The van der Waals surface area contributed by atoms with E-state index in [1.807, 2.05) is 0 Å². The number of carboxylic acid groups (broad SMARTS) is 1. The van der Waals surface area contributed by atoms with Crippen LogP contribution in [0.15, 0.2) is 0 Å². The molecule has 1 aliphatic rings. The van der Waals surface area contributed by atoms with Gasteiger partial charge in [0.25, 0.3) is 0 Å². The fraction of sp³-hybridized carbons (Fsp3) is 0.769. The van der Waals surface area contributed by atoms with Crippen LogP contribution in [0.2, 0.25) is 0 Å². The van der Waals surface area contributed by atoms with Crippen LogP contribution in [-0.2, 0) is 14.4 Å². The Kier molecular flexibility index (Phi) is 5.32. The van der Waals surface area contributed by atoms with Crippen molar-refractivity contribution in [3.8, 4) is 0 Å². The molecule has 2 amide bonds. The Hall–Kier alpha value is -1.59. The molecular weight excluding hydrogens is 248 g/mol. The molecule has 1 unspecified atom stereocenters. The lowest BCUT2D eigenvalue weighted by atomic mass is 9.94. The molecule has 0 radical (unpaired) electrons. The standard InChI is InChI=1S/C13H22N2O4/c1-8(11(16)14-2)7-15(3)12(17)9-5-4-6-10(9)13(18)19/h8-10H,4-7H2,1-3H3,(H,14,16)(H,18,19)/t8?,9-,10+/m1/s1. The average molecular weight is 270 g/mol. The minimum Gasteiger partial charge on any atom is -0.481 e. The van der Waals surface area contributed by atoms with Gasteiger partial charge in [-0.1, -0.05) is 13.3 Å². The van der Waals surface area contributed by atoms with Crippen LogP contribution in [-0.4, -0.2) is 48.4 Å². The number of carbonyl (C=O) groups is 3. The zero-order chi connectivity index (χ0) is 14.6. The maximum Gasteiger partial charge on any atom is 0.307 e. The summed E-state index contributed by atoms with van der Waals surface area (Å²) in [6.07, 6.45) is 1.95. The number of aliphatic carboxylic acids is 1. The molecule has 3 atom stereocenters. The summed E-state index contributed by atoms with van der Waals surface area (Å²) in [5.74, 6) is -2.52. The second-order valence-corrected chi connectivity index (χ2v) is 5.22. The van der Waals surface area contributed by atoms with E-state index in [0.717, 1.165) is 6.42 Å². The minimum atomic E-state index is -0.899. The molecule has 0 bridgehead atoms. The normalized spacial score (nSPS) is 23.7. The van der Waals surface area contributed by atoms with E-state index >= 15 is 0 Å². The monoisotopic (exact) mass is 270 g/mol. The van der Waals surface area contributed by atoms with Gasteiger partial charge in [-0.15, -0.1) is 0 Å². The molecule has 0 heterocycles. The third-order valence-electron chi connectivity index (χ3n) is 3.77. The molecule has 1 fully saturated rings. The van der Waals surface area contributed by atoms with E-state index in [4.69, 9.17) is 5.11 Å². The van der Waals surface area contributed by atoms with Gasteiger partial charge in [-0.25, -0.2) is 0 Å². The van der Waals surface area contributed by atoms with Crippen molar-refractivity contribution in [2.75, 3.05) is 20.6 Å². The molecule has 6 heteroatoms. The highest BCUT2D eigenvalue weighted by Crippen LogP contribution is 2.33. The summed E-state index contributed by atoms with van der Waals surface area (Å²) in [7, 11) is 3.18. The molecule has 0 saturated heterocycles. The highest BCUT2D eigenvalue weighted by molar-refractivity contribution is 5.86.